The van der Waals surface area contributed by atoms with Gasteiger partial charge in [0, 0.05) is 19.1 Å². The van der Waals surface area contributed by atoms with E-state index in [0.717, 1.165) is 11.8 Å². The molecule has 1 heterocycles. The third kappa shape index (κ3) is 1.67. The van der Waals surface area contributed by atoms with Gasteiger partial charge in [0.1, 0.15) is 0 Å². The molecule has 3 aliphatic carbocycles. The predicted octanol–water partition coefficient (Wildman–Crippen LogP) is 0.574. The summed E-state index contributed by atoms with van der Waals surface area (Å²) in [5.74, 6) is 1.87. The number of fused-ring (bicyclic) bond motifs is 5. The molecule has 6 nitrogen and oxygen atoms in total. The molecule has 4 aliphatic rings. The Kier molecular flexibility index (Phi) is 2.55. The Labute approximate surface area is 117 Å². The van der Waals surface area contributed by atoms with Gasteiger partial charge in [-0.25, -0.2) is 9.59 Å². The van der Waals surface area contributed by atoms with Gasteiger partial charge in [-0.05, 0) is 42.9 Å². The highest BCUT2D eigenvalue weighted by atomic mass is 16.5. The lowest BCUT2D eigenvalue weighted by Gasteiger charge is -2.24. The van der Waals surface area contributed by atoms with Crippen LogP contribution in [0.1, 0.15) is 25.7 Å². The molecule has 6 heteroatoms. The van der Waals surface area contributed by atoms with Crippen molar-refractivity contribution in [2.45, 2.75) is 37.3 Å². The second kappa shape index (κ2) is 4.10. The molecule has 20 heavy (non-hydrogen) atoms. The fourth-order valence-electron chi connectivity index (χ4n) is 4.81. The molecule has 2 amide bonds. The van der Waals surface area contributed by atoms with Crippen molar-refractivity contribution in [3.8, 4) is 0 Å². The standard InChI is InChI=1S/C14H20N2O4/c17-12(18)14(3-4-20-6-14)16-13(19)15-11-9-7-1-2-8(5-7)10(9)11/h7-11H,1-6H2,(H,17,18)(H2,15,16,19). The number of carboxylic acid groups (broad SMARTS) is 1. The van der Waals surface area contributed by atoms with Crippen molar-refractivity contribution < 1.29 is 19.4 Å². The summed E-state index contributed by atoms with van der Waals surface area (Å²) in [6.45, 7) is 0.434. The van der Waals surface area contributed by atoms with Gasteiger partial charge in [-0.2, -0.15) is 0 Å². The average molecular weight is 280 g/mol. The Bertz CT molecular complexity index is 444. The molecule has 5 atom stereocenters. The number of urea groups is 1. The summed E-state index contributed by atoms with van der Waals surface area (Å²) in [5.41, 5.74) is -1.24. The van der Waals surface area contributed by atoms with Crippen LogP contribution in [-0.4, -0.2) is 41.9 Å². The van der Waals surface area contributed by atoms with E-state index in [0.29, 0.717) is 24.9 Å². The zero-order valence-corrected chi connectivity index (χ0v) is 11.3. The van der Waals surface area contributed by atoms with Crippen molar-refractivity contribution in [3.05, 3.63) is 0 Å². The van der Waals surface area contributed by atoms with Crippen molar-refractivity contribution >= 4 is 12.0 Å². The summed E-state index contributed by atoms with van der Waals surface area (Å²) in [6, 6.07) is -0.0777. The number of ether oxygens (including phenoxy) is 1. The van der Waals surface area contributed by atoms with Gasteiger partial charge in [-0.1, -0.05) is 0 Å². The van der Waals surface area contributed by atoms with Crippen LogP contribution >= 0.6 is 0 Å². The number of amides is 2. The molecule has 5 unspecified atom stereocenters. The van der Waals surface area contributed by atoms with Crippen LogP contribution in [0.4, 0.5) is 4.79 Å². The Balaban J connectivity index is 1.36. The van der Waals surface area contributed by atoms with Gasteiger partial charge >= 0.3 is 12.0 Å². The lowest BCUT2D eigenvalue weighted by Crippen LogP contribution is -2.58. The number of nitrogens with one attached hydrogen (secondary N) is 2. The first kappa shape index (κ1) is 12.4. The van der Waals surface area contributed by atoms with Crippen molar-refractivity contribution in [2.24, 2.45) is 23.7 Å². The monoisotopic (exact) mass is 280 g/mol. The van der Waals surface area contributed by atoms with E-state index in [9.17, 15) is 14.7 Å². The van der Waals surface area contributed by atoms with E-state index >= 15 is 0 Å². The van der Waals surface area contributed by atoms with Crippen LogP contribution in [0.5, 0.6) is 0 Å². The Hall–Kier alpha value is -1.30. The maximum Gasteiger partial charge on any atom is 0.332 e. The van der Waals surface area contributed by atoms with Crippen molar-refractivity contribution in [1.29, 1.82) is 0 Å². The van der Waals surface area contributed by atoms with Crippen LogP contribution in [-0.2, 0) is 9.53 Å². The van der Waals surface area contributed by atoms with E-state index in [4.69, 9.17) is 4.74 Å². The molecule has 1 saturated heterocycles. The molecular formula is C14H20N2O4. The molecule has 3 saturated carbocycles. The number of carbonyl (C=O) groups excluding carboxylic acids is 1. The van der Waals surface area contributed by atoms with Gasteiger partial charge in [0.15, 0.2) is 5.54 Å². The second-order valence-electron chi connectivity index (χ2n) is 6.80. The van der Waals surface area contributed by atoms with Crippen LogP contribution in [0.25, 0.3) is 0 Å². The molecule has 1 aliphatic heterocycles. The molecule has 0 radical (unpaired) electrons. The molecule has 0 spiro atoms. The smallest absolute Gasteiger partial charge is 0.332 e. The molecule has 0 aromatic rings. The maximum absolute atomic E-state index is 12.1. The second-order valence-corrected chi connectivity index (χ2v) is 6.80. The molecule has 4 rings (SSSR count). The molecule has 110 valence electrons. The average Bonchev–Trinajstić information content (AvgIpc) is 2.83. The van der Waals surface area contributed by atoms with E-state index in [1.807, 2.05) is 0 Å². The summed E-state index contributed by atoms with van der Waals surface area (Å²) in [7, 11) is 0. The molecule has 0 aromatic carbocycles. The van der Waals surface area contributed by atoms with E-state index < -0.39 is 11.5 Å². The SMILES string of the molecule is O=C(NC1C2C3CCC(C3)C12)NC1(C(=O)O)CCOC1. The van der Waals surface area contributed by atoms with Gasteiger partial charge in [0.25, 0.3) is 0 Å². The molecule has 2 bridgehead atoms. The number of carbonyl (C=O) groups is 2. The van der Waals surface area contributed by atoms with Crippen molar-refractivity contribution in [3.63, 3.8) is 0 Å². The Morgan fingerprint density at radius 2 is 1.90 bits per heavy atom. The lowest BCUT2D eigenvalue weighted by molar-refractivity contribution is -0.144. The van der Waals surface area contributed by atoms with Gasteiger partial charge in [-0.15, -0.1) is 0 Å². The van der Waals surface area contributed by atoms with E-state index in [1.165, 1.54) is 19.3 Å². The highest BCUT2D eigenvalue weighted by Gasteiger charge is 2.65. The van der Waals surface area contributed by atoms with Crippen LogP contribution < -0.4 is 10.6 Å². The van der Waals surface area contributed by atoms with Gasteiger partial charge in [-0.3, -0.25) is 0 Å². The first-order valence-corrected chi connectivity index (χ1v) is 7.50. The van der Waals surface area contributed by atoms with Crippen LogP contribution in [0.3, 0.4) is 0 Å². The highest BCUT2D eigenvalue weighted by Crippen LogP contribution is 2.65. The van der Waals surface area contributed by atoms with Gasteiger partial charge < -0.3 is 20.5 Å². The largest absolute Gasteiger partial charge is 0.479 e. The minimum atomic E-state index is -1.24. The summed E-state index contributed by atoms with van der Waals surface area (Å²) in [6.07, 6.45) is 4.28. The topological polar surface area (TPSA) is 87.7 Å². The number of rotatable bonds is 3. The van der Waals surface area contributed by atoms with Crippen LogP contribution in [0.2, 0.25) is 0 Å². The third-order valence-electron chi connectivity index (χ3n) is 5.82. The van der Waals surface area contributed by atoms with E-state index in [-0.39, 0.29) is 18.7 Å². The number of carboxylic acids is 1. The zero-order chi connectivity index (χ0) is 13.9. The number of hydrogen-bond acceptors (Lipinski definition) is 3. The third-order valence-corrected chi connectivity index (χ3v) is 5.82. The number of aliphatic carboxylic acids is 1. The molecular weight excluding hydrogens is 260 g/mol. The highest BCUT2D eigenvalue weighted by molar-refractivity contribution is 5.87. The van der Waals surface area contributed by atoms with Crippen LogP contribution in [0.15, 0.2) is 0 Å². The summed E-state index contributed by atoms with van der Waals surface area (Å²) >= 11 is 0. The van der Waals surface area contributed by atoms with Gasteiger partial charge in [0.05, 0.1) is 6.61 Å². The van der Waals surface area contributed by atoms with Crippen molar-refractivity contribution in [2.75, 3.05) is 13.2 Å². The normalized spacial score (nSPS) is 47.9. The minimum absolute atomic E-state index is 0.0541. The first-order chi connectivity index (χ1) is 9.61. The van der Waals surface area contributed by atoms with Crippen LogP contribution in [0, 0.1) is 23.7 Å². The minimum Gasteiger partial charge on any atom is -0.479 e. The lowest BCUT2D eigenvalue weighted by atomic mass is 9.99. The maximum atomic E-state index is 12.1. The Morgan fingerprint density at radius 1 is 1.20 bits per heavy atom. The van der Waals surface area contributed by atoms with Crippen molar-refractivity contribution in [1.82, 2.24) is 10.6 Å². The summed E-state index contributed by atoms with van der Waals surface area (Å²) in [5, 5.41) is 14.9. The van der Waals surface area contributed by atoms with E-state index in [1.54, 1.807) is 0 Å². The first-order valence-electron chi connectivity index (χ1n) is 7.50. The predicted molar refractivity (Wildman–Crippen MR) is 69.1 cm³/mol. The fraction of sp³-hybridized carbons (Fsp3) is 0.857. The fourth-order valence-corrected chi connectivity index (χ4v) is 4.81. The zero-order valence-electron chi connectivity index (χ0n) is 11.3. The summed E-state index contributed by atoms with van der Waals surface area (Å²) in [4.78, 5) is 23.4. The molecule has 0 aromatic heterocycles. The number of hydrogen-bond donors (Lipinski definition) is 3. The summed E-state index contributed by atoms with van der Waals surface area (Å²) < 4.78 is 5.14. The van der Waals surface area contributed by atoms with Gasteiger partial charge in [0.2, 0.25) is 0 Å². The quantitative estimate of drug-likeness (QED) is 0.705. The molecule has 4 fully saturated rings. The Morgan fingerprint density at radius 3 is 2.45 bits per heavy atom. The van der Waals surface area contributed by atoms with E-state index in [2.05, 4.69) is 10.6 Å². The molecule has 3 N–H and O–H groups in total.